The molecule has 0 bridgehead atoms. The lowest BCUT2D eigenvalue weighted by Gasteiger charge is -2.37. The van der Waals surface area contributed by atoms with Crippen LogP contribution >= 0.6 is 28.1 Å². The summed E-state index contributed by atoms with van der Waals surface area (Å²) >= 11 is 9.06. The molecule has 0 unspecified atom stereocenters. The second-order valence-corrected chi connectivity index (χ2v) is 7.13. The predicted molar refractivity (Wildman–Crippen MR) is 111 cm³/mol. The van der Waals surface area contributed by atoms with E-state index in [1.807, 2.05) is 66.4 Å². The van der Waals surface area contributed by atoms with E-state index >= 15 is 0 Å². The molecule has 1 atom stereocenters. The quantitative estimate of drug-likeness (QED) is 0.561. The molecular weight excluding hydrogens is 412 g/mol. The molecule has 1 N–H and O–H groups in total. The van der Waals surface area contributed by atoms with Gasteiger partial charge in [0.05, 0.1) is 18.2 Å². The van der Waals surface area contributed by atoms with Crippen LogP contribution in [0.2, 0.25) is 0 Å². The molecule has 134 valence electrons. The van der Waals surface area contributed by atoms with Crippen LogP contribution in [0.25, 0.3) is 0 Å². The van der Waals surface area contributed by atoms with E-state index in [4.69, 9.17) is 17.0 Å². The molecule has 2 aromatic carbocycles. The topological polar surface area (TPSA) is 41.6 Å². The second kappa shape index (κ2) is 8.01. The van der Waals surface area contributed by atoms with E-state index in [0.717, 1.165) is 21.4 Å². The first-order valence-electron chi connectivity index (χ1n) is 8.32. The summed E-state index contributed by atoms with van der Waals surface area (Å²) in [5.41, 5.74) is 3.18. The maximum atomic E-state index is 12.7. The summed E-state index contributed by atoms with van der Waals surface area (Å²) in [6.45, 7) is 4.02. The van der Waals surface area contributed by atoms with Gasteiger partial charge in [-0.05, 0) is 55.9 Å². The molecule has 0 saturated heterocycles. The molecule has 2 aromatic rings. The predicted octanol–water partition coefficient (Wildman–Crippen LogP) is 4.72. The van der Waals surface area contributed by atoms with Gasteiger partial charge >= 0.3 is 5.97 Å². The number of ether oxygens (including phenoxy) is 1. The molecule has 0 aliphatic carbocycles. The third-order valence-corrected chi connectivity index (χ3v) is 5.03. The molecule has 0 saturated carbocycles. The summed E-state index contributed by atoms with van der Waals surface area (Å²) in [4.78, 5) is 14.6. The zero-order valence-corrected chi connectivity index (χ0v) is 16.9. The maximum absolute atomic E-state index is 12.7. The zero-order valence-electron chi connectivity index (χ0n) is 14.5. The second-order valence-electron chi connectivity index (χ2n) is 5.82. The number of rotatable bonds is 4. The Bertz CT molecular complexity index is 850. The molecule has 0 fully saturated rings. The van der Waals surface area contributed by atoms with E-state index in [0.29, 0.717) is 17.3 Å². The molecule has 0 amide bonds. The van der Waals surface area contributed by atoms with E-state index in [-0.39, 0.29) is 12.0 Å². The Morgan fingerprint density at radius 3 is 2.46 bits per heavy atom. The monoisotopic (exact) mass is 430 g/mol. The number of allylic oxidation sites excluding steroid dienone is 1. The third-order valence-electron chi connectivity index (χ3n) is 4.20. The molecule has 0 radical (unpaired) electrons. The number of esters is 1. The Balaban J connectivity index is 2.11. The SMILES string of the molecule is CCOC(=O)C1=C(C)N(c2ccccc2)C(=S)N[C@H]1c1ccc(Br)cc1. The number of thiocarbonyl (C=S) groups is 1. The van der Waals surface area contributed by atoms with E-state index < -0.39 is 0 Å². The van der Waals surface area contributed by atoms with Crippen LogP contribution in [-0.4, -0.2) is 17.7 Å². The number of carbonyl (C=O) groups is 1. The molecule has 0 spiro atoms. The fourth-order valence-corrected chi connectivity index (χ4v) is 3.63. The van der Waals surface area contributed by atoms with Gasteiger partial charge in [-0.3, -0.25) is 4.90 Å². The van der Waals surface area contributed by atoms with Crippen molar-refractivity contribution in [2.24, 2.45) is 0 Å². The smallest absolute Gasteiger partial charge is 0.338 e. The molecular formula is C20H19BrN2O2S. The Morgan fingerprint density at radius 1 is 1.19 bits per heavy atom. The highest BCUT2D eigenvalue weighted by atomic mass is 79.9. The summed E-state index contributed by atoms with van der Waals surface area (Å²) < 4.78 is 6.31. The summed E-state index contributed by atoms with van der Waals surface area (Å²) in [6.07, 6.45) is 0. The number of carbonyl (C=O) groups excluding carboxylic acids is 1. The summed E-state index contributed by atoms with van der Waals surface area (Å²) in [7, 11) is 0. The lowest BCUT2D eigenvalue weighted by atomic mass is 9.95. The first-order valence-corrected chi connectivity index (χ1v) is 9.52. The van der Waals surface area contributed by atoms with Crippen LogP contribution in [0.5, 0.6) is 0 Å². The molecule has 1 aliphatic heterocycles. The van der Waals surface area contributed by atoms with Gasteiger partial charge in [0, 0.05) is 15.9 Å². The number of para-hydroxylation sites is 1. The fraction of sp³-hybridized carbons (Fsp3) is 0.200. The molecule has 6 heteroatoms. The van der Waals surface area contributed by atoms with E-state index in [2.05, 4.69) is 21.2 Å². The number of hydrogen-bond acceptors (Lipinski definition) is 3. The summed E-state index contributed by atoms with van der Waals surface area (Å²) in [5, 5.41) is 3.85. The average Bonchev–Trinajstić information content (AvgIpc) is 2.63. The van der Waals surface area contributed by atoms with Gasteiger partial charge < -0.3 is 10.1 Å². The largest absolute Gasteiger partial charge is 0.463 e. The van der Waals surface area contributed by atoms with Crippen molar-refractivity contribution in [3.05, 3.63) is 75.9 Å². The van der Waals surface area contributed by atoms with Crippen LogP contribution in [0, 0.1) is 0 Å². The third kappa shape index (κ3) is 3.66. The Labute approximate surface area is 167 Å². The van der Waals surface area contributed by atoms with Crippen molar-refractivity contribution >= 4 is 44.9 Å². The molecule has 26 heavy (non-hydrogen) atoms. The van der Waals surface area contributed by atoms with E-state index in [9.17, 15) is 4.79 Å². The van der Waals surface area contributed by atoms with Crippen molar-refractivity contribution < 1.29 is 9.53 Å². The highest BCUT2D eigenvalue weighted by molar-refractivity contribution is 9.10. The minimum atomic E-state index is -0.352. The number of nitrogens with one attached hydrogen (secondary N) is 1. The number of anilines is 1. The minimum absolute atomic E-state index is 0.318. The highest BCUT2D eigenvalue weighted by Crippen LogP contribution is 2.34. The maximum Gasteiger partial charge on any atom is 0.338 e. The van der Waals surface area contributed by atoms with E-state index in [1.165, 1.54) is 0 Å². The van der Waals surface area contributed by atoms with Crippen LogP contribution in [0.1, 0.15) is 25.5 Å². The molecule has 3 rings (SSSR count). The zero-order chi connectivity index (χ0) is 18.7. The van der Waals surface area contributed by atoms with Crippen molar-refractivity contribution in [1.82, 2.24) is 5.32 Å². The van der Waals surface area contributed by atoms with Crippen molar-refractivity contribution in [1.29, 1.82) is 0 Å². The first kappa shape index (κ1) is 18.6. The average molecular weight is 431 g/mol. The number of benzene rings is 2. The van der Waals surface area contributed by atoms with Gasteiger partial charge in [-0.1, -0.05) is 46.3 Å². The lowest BCUT2D eigenvalue weighted by molar-refractivity contribution is -0.139. The molecule has 1 aliphatic rings. The normalized spacial score (nSPS) is 17.1. The van der Waals surface area contributed by atoms with Gasteiger partial charge in [-0.15, -0.1) is 0 Å². The number of nitrogens with zero attached hydrogens (tertiary/aromatic N) is 1. The van der Waals surface area contributed by atoms with Crippen LogP contribution in [0.3, 0.4) is 0 Å². The van der Waals surface area contributed by atoms with Gasteiger partial charge in [0.15, 0.2) is 5.11 Å². The molecule has 4 nitrogen and oxygen atoms in total. The van der Waals surface area contributed by atoms with E-state index in [1.54, 1.807) is 6.92 Å². The summed E-state index contributed by atoms with van der Waals surface area (Å²) in [5.74, 6) is -0.339. The van der Waals surface area contributed by atoms with Crippen molar-refractivity contribution in [2.45, 2.75) is 19.9 Å². The van der Waals surface area contributed by atoms with Gasteiger partial charge in [0.2, 0.25) is 0 Å². The van der Waals surface area contributed by atoms with Crippen LogP contribution in [0.15, 0.2) is 70.3 Å². The van der Waals surface area contributed by atoms with Crippen LogP contribution in [-0.2, 0) is 9.53 Å². The fourth-order valence-electron chi connectivity index (χ4n) is 3.01. The molecule has 1 heterocycles. The van der Waals surface area contributed by atoms with Crippen molar-refractivity contribution in [3.63, 3.8) is 0 Å². The number of hydrogen-bond donors (Lipinski definition) is 1. The van der Waals surface area contributed by atoms with Gasteiger partial charge in [-0.25, -0.2) is 4.79 Å². The Hall–Kier alpha value is -2.18. The van der Waals surface area contributed by atoms with Crippen LogP contribution in [0.4, 0.5) is 5.69 Å². The Kier molecular flexibility index (Phi) is 5.74. The minimum Gasteiger partial charge on any atom is -0.463 e. The lowest BCUT2D eigenvalue weighted by Crippen LogP contribution is -2.48. The van der Waals surface area contributed by atoms with Gasteiger partial charge in [-0.2, -0.15) is 0 Å². The Morgan fingerprint density at radius 2 is 1.85 bits per heavy atom. The summed E-state index contributed by atoms with van der Waals surface area (Å²) in [6, 6.07) is 17.2. The van der Waals surface area contributed by atoms with Crippen LogP contribution < -0.4 is 10.2 Å². The van der Waals surface area contributed by atoms with Gasteiger partial charge in [0.25, 0.3) is 0 Å². The van der Waals surface area contributed by atoms with Crippen molar-refractivity contribution in [3.8, 4) is 0 Å². The van der Waals surface area contributed by atoms with Crippen molar-refractivity contribution in [2.75, 3.05) is 11.5 Å². The van der Waals surface area contributed by atoms with Gasteiger partial charge in [0.1, 0.15) is 0 Å². The number of halogens is 1. The first-order chi connectivity index (χ1) is 12.5. The standard InChI is InChI=1S/C20H19BrN2O2S/c1-3-25-19(24)17-13(2)23(16-7-5-4-6-8-16)20(26)22-18(17)14-9-11-15(21)12-10-14/h4-12,18H,3H2,1-2H3,(H,22,26)/t18-/m0/s1. The highest BCUT2D eigenvalue weighted by Gasteiger charge is 2.35. The molecule has 0 aromatic heterocycles.